The topological polar surface area (TPSA) is 99.3 Å². The number of para-hydroxylation sites is 1. The molecule has 0 amide bonds. The molecule has 1 aromatic heterocycles. The van der Waals surface area contributed by atoms with E-state index in [4.69, 9.17) is 10.8 Å². The Labute approximate surface area is 115 Å². The lowest BCUT2D eigenvalue weighted by Gasteiger charge is -2.13. The van der Waals surface area contributed by atoms with Gasteiger partial charge < -0.3 is 15.4 Å². The largest absolute Gasteiger partial charge is 0.607 e. The van der Waals surface area contributed by atoms with Crippen LogP contribution in [0.2, 0.25) is 0 Å². The van der Waals surface area contributed by atoms with Crippen molar-refractivity contribution in [2.45, 2.75) is 22.3 Å². The number of rotatable bonds is 5. The van der Waals surface area contributed by atoms with Gasteiger partial charge in [-0.15, -0.1) is 0 Å². The molecule has 2 aromatic rings. The van der Waals surface area contributed by atoms with Crippen LogP contribution in [0.5, 0.6) is 0 Å². The number of hydrogen-bond acceptors (Lipinski definition) is 5. The molecule has 5 nitrogen and oxygen atoms in total. The molecule has 102 valence electrons. The third-order valence-corrected chi connectivity index (χ3v) is 5.10. The summed E-state index contributed by atoms with van der Waals surface area (Å²) in [5, 5.41) is 8.59. The number of carbonyl (C=O) groups is 1. The summed E-state index contributed by atoms with van der Waals surface area (Å²) in [4.78, 5) is 14.6. The molecule has 0 saturated carbocycles. The second-order valence-electron chi connectivity index (χ2n) is 3.84. The van der Waals surface area contributed by atoms with Gasteiger partial charge in [-0.2, -0.15) is 9.37 Å². The van der Waals surface area contributed by atoms with Crippen molar-refractivity contribution in [3.05, 3.63) is 24.3 Å². The molecule has 0 aliphatic heterocycles. The number of halogens is 1. The quantitative estimate of drug-likeness (QED) is 0.815. The minimum atomic E-state index is -2.00. The molecular weight excluding hydrogens is 291 g/mol. The number of carboxylic acids is 1. The van der Waals surface area contributed by atoms with E-state index in [1.165, 1.54) is 0 Å². The number of aromatic nitrogens is 1. The van der Waals surface area contributed by atoms with E-state index >= 15 is 0 Å². The van der Waals surface area contributed by atoms with Gasteiger partial charge in [-0.3, -0.25) is 4.79 Å². The number of nitrogens with two attached hydrogens (primary N) is 1. The molecule has 3 N–H and O–H groups in total. The lowest BCUT2D eigenvalue weighted by Crippen LogP contribution is -2.35. The van der Waals surface area contributed by atoms with Crippen molar-refractivity contribution < 1.29 is 18.8 Å². The molecule has 0 fully saturated rings. The van der Waals surface area contributed by atoms with Crippen molar-refractivity contribution in [1.29, 1.82) is 0 Å². The number of hydrogen-bond donors (Lipinski definition) is 2. The van der Waals surface area contributed by atoms with Crippen LogP contribution in [0.25, 0.3) is 10.2 Å². The van der Waals surface area contributed by atoms with Gasteiger partial charge in [0.25, 0.3) is 5.50 Å². The molecule has 2 rings (SSSR count). The molecule has 0 bridgehead atoms. The Bertz CT molecular complexity index is 559. The maximum absolute atomic E-state index is 13.7. The summed E-state index contributed by atoms with van der Waals surface area (Å²) in [6.07, 6.45) is -0.502. The molecule has 1 heterocycles. The Kier molecular flexibility index (Phi) is 4.35. The summed E-state index contributed by atoms with van der Waals surface area (Å²) in [6, 6.07) is 5.75. The predicted molar refractivity (Wildman–Crippen MR) is 71.2 cm³/mol. The molecule has 0 radical (unpaired) electrons. The normalized spacial score (nSPS) is 16.2. The molecule has 0 aliphatic rings. The smallest absolute Gasteiger partial charge is 0.320 e. The van der Waals surface area contributed by atoms with E-state index in [1.807, 2.05) is 0 Å². The average molecular weight is 302 g/mol. The Morgan fingerprint density at radius 3 is 2.89 bits per heavy atom. The van der Waals surface area contributed by atoms with Crippen LogP contribution in [0.15, 0.2) is 28.6 Å². The van der Waals surface area contributed by atoms with Gasteiger partial charge in [-0.1, -0.05) is 23.5 Å². The number of alkyl halides is 1. The van der Waals surface area contributed by atoms with Gasteiger partial charge in [0.1, 0.15) is 6.04 Å². The monoisotopic (exact) mass is 302 g/mol. The second-order valence-corrected chi connectivity index (χ2v) is 6.62. The van der Waals surface area contributed by atoms with Gasteiger partial charge in [0.05, 0.1) is 27.8 Å². The minimum Gasteiger partial charge on any atom is -0.607 e. The predicted octanol–water partition coefficient (Wildman–Crippen LogP) is 1.50. The lowest BCUT2D eigenvalue weighted by atomic mass is 10.2. The van der Waals surface area contributed by atoms with Crippen molar-refractivity contribution >= 4 is 38.7 Å². The fraction of sp³-hybridized carbons (Fsp3) is 0.273. The number of nitrogens with zero attached hydrogens (tertiary/aromatic N) is 1. The second kappa shape index (κ2) is 5.83. The number of carboxylic acid groups (broad SMARTS) is 1. The first-order chi connectivity index (χ1) is 8.99. The fourth-order valence-corrected chi connectivity index (χ4v) is 3.83. The molecule has 1 aromatic carbocycles. The van der Waals surface area contributed by atoms with E-state index < -0.39 is 35.1 Å². The van der Waals surface area contributed by atoms with E-state index in [0.29, 0.717) is 5.52 Å². The lowest BCUT2D eigenvalue weighted by molar-refractivity contribution is -0.138. The molecule has 8 heteroatoms. The highest BCUT2D eigenvalue weighted by Gasteiger charge is 2.31. The molecule has 2 unspecified atom stereocenters. The highest BCUT2D eigenvalue weighted by atomic mass is 32.2. The average Bonchev–Trinajstić information content (AvgIpc) is 2.81. The van der Waals surface area contributed by atoms with Crippen LogP contribution in [0.4, 0.5) is 4.39 Å². The third kappa shape index (κ3) is 3.21. The van der Waals surface area contributed by atoms with Crippen LogP contribution in [0.3, 0.4) is 0 Å². The Morgan fingerprint density at radius 2 is 2.26 bits per heavy atom. The van der Waals surface area contributed by atoms with Gasteiger partial charge in [0.2, 0.25) is 0 Å². The summed E-state index contributed by atoms with van der Waals surface area (Å²) in [6.45, 7) is 0. The van der Waals surface area contributed by atoms with Gasteiger partial charge in [0, 0.05) is 0 Å². The van der Waals surface area contributed by atoms with Crippen LogP contribution >= 0.6 is 11.3 Å². The molecule has 0 aliphatic carbocycles. The summed E-state index contributed by atoms with van der Waals surface area (Å²) in [5.41, 5.74) is 4.02. The zero-order valence-electron chi connectivity index (χ0n) is 9.65. The first-order valence-corrected chi connectivity index (χ1v) is 7.40. The van der Waals surface area contributed by atoms with E-state index in [1.54, 1.807) is 24.3 Å². The van der Waals surface area contributed by atoms with Crippen molar-refractivity contribution in [2.75, 3.05) is 0 Å². The summed E-state index contributed by atoms with van der Waals surface area (Å²) < 4.78 is 26.6. The number of aliphatic carboxylic acids is 1. The summed E-state index contributed by atoms with van der Waals surface area (Å²) >= 11 is -0.871. The van der Waals surface area contributed by atoms with Crippen molar-refractivity contribution in [3.8, 4) is 0 Å². The number of thiazole rings is 1. The molecule has 3 atom stereocenters. The van der Waals surface area contributed by atoms with E-state index in [2.05, 4.69) is 4.98 Å². The number of fused-ring (bicyclic) bond motifs is 1. The van der Waals surface area contributed by atoms with Crippen LogP contribution < -0.4 is 5.73 Å². The van der Waals surface area contributed by atoms with E-state index in [9.17, 15) is 13.7 Å². The van der Waals surface area contributed by atoms with E-state index in [-0.39, 0.29) is 4.34 Å². The van der Waals surface area contributed by atoms with Crippen LogP contribution in [0, 0.1) is 0 Å². The SMILES string of the molecule is N[C@@H](CC(F)[S+]([O-])c1nc2ccccc2s1)C(=O)O. The van der Waals surface area contributed by atoms with Gasteiger partial charge in [-0.25, -0.2) is 0 Å². The van der Waals surface area contributed by atoms with Gasteiger partial charge in [-0.05, 0) is 12.1 Å². The highest BCUT2D eigenvalue weighted by molar-refractivity contribution is 7.93. The van der Waals surface area contributed by atoms with Gasteiger partial charge in [0.15, 0.2) is 0 Å². The zero-order chi connectivity index (χ0) is 14.0. The summed E-state index contributed by atoms with van der Waals surface area (Å²) in [5.74, 6) is -1.32. The maximum Gasteiger partial charge on any atom is 0.320 e. The Morgan fingerprint density at radius 1 is 1.58 bits per heavy atom. The van der Waals surface area contributed by atoms with Crippen LogP contribution in [-0.2, 0) is 16.0 Å². The minimum absolute atomic E-state index is 0.145. The summed E-state index contributed by atoms with van der Waals surface area (Å²) in [7, 11) is 0. The molecule has 19 heavy (non-hydrogen) atoms. The van der Waals surface area contributed by atoms with Crippen LogP contribution in [-0.4, -0.2) is 32.2 Å². The molecule has 0 spiro atoms. The number of benzene rings is 1. The fourth-order valence-electron chi connectivity index (χ4n) is 1.43. The zero-order valence-corrected chi connectivity index (χ0v) is 11.3. The highest BCUT2D eigenvalue weighted by Crippen LogP contribution is 2.29. The molecule has 0 saturated heterocycles. The van der Waals surface area contributed by atoms with Crippen molar-refractivity contribution in [2.24, 2.45) is 5.73 Å². The Balaban J connectivity index is 2.14. The third-order valence-electron chi connectivity index (χ3n) is 2.44. The maximum atomic E-state index is 13.7. The Hall–Kier alpha value is -1.22. The van der Waals surface area contributed by atoms with Crippen molar-refractivity contribution in [3.63, 3.8) is 0 Å². The first-order valence-electron chi connectivity index (χ1n) is 5.37. The van der Waals surface area contributed by atoms with Crippen LogP contribution in [0.1, 0.15) is 6.42 Å². The standard InChI is InChI=1S/C11H11FN2O3S2/c12-9(5-6(13)10(15)16)19(17)11-14-7-3-1-2-4-8(7)18-11/h1-4,6,9H,5,13H2,(H,15,16)/t6-,9?,19?/m0/s1. The van der Waals surface area contributed by atoms with E-state index in [0.717, 1.165) is 16.0 Å². The van der Waals surface area contributed by atoms with Gasteiger partial charge >= 0.3 is 10.3 Å². The molecular formula is C11H11FN2O3S2. The first kappa shape index (κ1) is 14.2. The van der Waals surface area contributed by atoms with Crippen molar-refractivity contribution in [1.82, 2.24) is 4.98 Å².